The Morgan fingerprint density at radius 1 is 1.11 bits per heavy atom. The fourth-order valence-corrected chi connectivity index (χ4v) is 4.30. The van der Waals surface area contributed by atoms with Crippen molar-refractivity contribution < 1.29 is 9.84 Å². The Labute approximate surface area is 203 Å². The summed E-state index contributed by atoms with van der Waals surface area (Å²) in [5, 5.41) is 22.0. The van der Waals surface area contributed by atoms with E-state index in [1.165, 1.54) is 6.20 Å². The quantitative estimate of drug-likeness (QED) is 0.420. The Morgan fingerprint density at radius 2 is 1.97 bits per heavy atom. The van der Waals surface area contributed by atoms with Crippen molar-refractivity contribution in [3.63, 3.8) is 0 Å². The van der Waals surface area contributed by atoms with Gasteiger partial charge in [-0.1, -0.05) is 6.07 Å². The number of aliphatic hydroxyl groups is 1. The van der Waals surface area contributed by atoms with Crippen molar-refractivity contribution in [1.29, 1.82) is 5.26 Å². The molecule has 2 N–H and O–H groups in total. The van der Waals surface area contributed by atoms with Crippen molar-refractivity contribution in [2.75, 3.05) is 56.7 Å². The second kappa shape index (κ2) is 9.97. The first-order chi connectivity index (χ1) is 17.2. The summed E-state index contributed by atoms with van der Waals surface area (Å²) in [6, 6.07) is 13.9. The van der Waals surface area contributed by atoms with Gasteiger partial charge in [-0.25, -0.2) is 15.0 Å². The van der Waals surface area contributed by atoms with Gasteiger partial charge < -0.3 is 20.1 Å². The van der Waals surface area contributed by atoms with Gasteiger partial charge in [-0.3, -0.25) is 9.30 Å². The summed E-state index contributed by atoms with van der Waals surface area (Å²) in [7, 11) is 1.63. The molecule has 0 bridgehead atoms. The third kappa shape index (κ3) is 4.59. The molecule has 1 aliphatic rings. The maximum Gasteiger partial charge on any atom is 0.227 e. The van der Waals surface area contributed by atoms with Gasteiger partial charge in [-0.2, -0.15) is 5.26 Å². The molecule has 0 spiro atoms. The first-order valence-corrected chi connectivity index (χ1v) is 11.4. The normalized spacial score (nSPS) is 14.1. The van der Waals surface area contributed by atoms with Gasteiger partial charge in [0.1, 0.15) is 23.2 Å². The number of imidazole rings is 1. The summed E-state index contributed by atoms with van der Waals surface area (Å²) in [6.45, 7) is 4.49. The predicted octanol–water partition coefficient (Wildman–Crippen LogP) is 2.53. The summed E-state index contributed by atoms with van der Waals surface area (Å²) in [5.41, 5.74) is 4.15. The molecule has 1 saturated heterocycles. The highest BCUT2D eigenvalue weighted by atomic mass is 16.5. The summed E-state index contributed by atoms with van der Waals surface area (Å²) >= 11 is 0. The zero-order valence-electron chi connectivity index (χ0n) is 19.4. The number of piperazine rings is 1. The van der Waals surface area contributed by atoms with Crippen LogP contribution in [0.15, 0.2) is 55.0 Å². The lowest BCUT2D eigenvalue weighted by Crippen LogP contribution is -2.47. The van der Waals surface area contributed by atoms with Crippen molar-refractivity contribution in [2.24, 2.45) is 0 Å². The molecule has 0 amide bonds. The van der Waals surface area contributed by atoms with Gasteiger partial charge in [0.25, 0.3) is 0 Å². The standard InChI is InChI=1S/C25H26N8O2/c1-35-22-14-19(32-10-8-31(9-11-32)12-13-34)5-6-20(22)29-25-28-16-18(15-26)24(30-25)21-17-27-23-4-2-3-7-33(21)23/h2-7,14,16-17,34H,8-13H2,1H3,(H,28,29,30). The zero-order valence-corrected chi connectivity index (χ0v) is 19.4. The number of hydrogen-bond acceptors (Lipinski definition) is 9. The van der Waals surface area contributed by atoms with E-state index in [4.69, 9.17) is 9.84 Å². The molecule has 10 nitrogen and oxygen atoms in total. The minimum absolute atomic E-state index is 0.185. The minimum Gasteiger partial charge on any atom is -0.494 e. The smallest absolute Gasteiger partial charge is 0.227 e. The lowest BCUT2D eigenvalue weighted by Gasteiger charge is -2.36. The van der Waals surface area contributed by atoms with Crippen LogP contribution in [0.5, 0.6) is 5.75 Å². The molecule has 3 aromatic heterocycles. The molecule has 0 radical (unpaired) electrons. The molecule has 4 aromatic rings. The van der Waals surface area contributed by atoms with Crippen LogP contribution >= 0.6 is 0 Å². The van der Waals surface area contributed by atoms with Crippen molar-refractivity contribution in [3.8, 4) is 23.2 Å². The van der Waals surface area contributed by atoms with Crippen molar-refractivity contribution in [1.82, 2.24) is 24.3 Å². The molecule has 1 aliphatic heterocycles. The summed E-state index contributed by atoms with van der Waals surface area (Å²) in [6.07, 6.45) is 5.11. The molecular weight excluding hydrogens is 444 g/mol. The lowest BCUT2D eigenvalue weighted by atomic mass is 10.2. The maximum atomic E-state index is 9.63. The van der Waals surface area contributed by atoms with Crippen LogP contribution in [-0.2, 0) is 0 Å². The van der Waals surface area contributed by atoms with Crippen molar-refractivity contribution >= 4 is 23.0 Å². The van der Waals surface area contributed by atoms with Crippen LogP contribution in [0.25, 0.3) is 17.0 Å². The van der Waals surface area contributed by atoms with E-state index < -0.39 is 0 Å². The van der Waals surface area contributed by atoms with Crippen LogP contribution in [0.1, 0.15) is 5.56 Å². The SMILES string of the molecule is COc1cc(N2CCN(CCO)CC2)ccc1Nc1ncc(C#N)c(-c2cnc3ccccn23)n1. The molecule has 178 valence electrons. The molecule has 4 heterocycles. The number of anilines is 3. The number of nitrogens with zero attached hydrogens (tertiary/aromatic N) is 7. The van der Waals surface area contributed by atoms with Crippen LogP contribution in [0.4, 0.5) is 17.3 Å². The van der Waals surface area contributed by atoms with Gasteiger partial charge in [-0.15, -0.1) is 0 Å². The Morgan fingerprint density at radius 3 is 2.74 bits per heavy atom. The van der Waals surface area contributed by atoms with Crippen LogP contribution in [-0.4, -0.2) is 75.8 Å². The number of hydrogen-bond donors (Lipinski definition) is 2. The van der Waals surface area contributed by atoms with Gasteiger partial charge in [-0.05, 0) is 24.3 Å². The van der Waals surface area contributed by atoms with E-state index in [-0.39, 0.29) is 6.61 Å². The third-order valence-corrected chi connectivity index (χ3v) is 6.15. The monoisotopic (exact) mass is 470 g/mol. The number of nitrogens with one attached hydrogen (secondary N) is 1. The highest BCUT2D eigenvalue weighted by Crippen LogP contribution is 2.32. The summed E-state index contributed by atoms with van der Waals surface area (Å²) in [4.78, 5) is 18.0. The number of methoxy groups -OCH3 is 1. The number of rotatable bonds is 7. The molecular formula is C25H26N8O2. The highest BCUT2D eigenvalue weighted by Gasteiger charge is 2.19. The van der Waals surface area contributed by atoms with Gasteiger partial charge >= 0.3 is 0 Å². The Kier molecular flexibility index (Phi) is 6.43. The van der Waals surface area contributed by atoms with Crippen LogP contribution in [0.2, 0.25) is 0 Å². The fourth-order valence-electron chi connectivity index (χ4n) is 4.30. The zero-order chi connectivity index (χ0) is 24.2. The molecule has 10 heteroatoms. The van der Waals surface area contributed by atoms with E-state index in [0.29, 0.717) is 35.2 Å². The molecule has 1 fully saturated rings. The van der Waals surface area contributed by atoms with E-state index in [1.807, 2.05) is 47.0 Å². The lowest BCUT2D eigenvalue weighted by molar-refractivity contribution is 0.189. The first kappa shape index (κ1) is 22.6. The summed E-state index contributed by atoms with van der Waals surface area (Å²) < 4.78 is 7.55. The van der Waals surface area contributed by atoms with Gasteiger partial charge in [0.15, 0.2) is 0 Å². The van der Waals surface area contributed by atoms with Crippen molar-refractivity contribution in [2.45, 2.75) is 0 Å². The summed E-state index contributed by atoms with van der Waals surface area (Å²) in [5.74, 6) is 1.03. The average molecular weight is 471 g/mol. The second-order valence-electron chi connectivity index (χ2n) is 8.20. The maximum absolute atomic E-state index is 9.63. The number of ether oxygens (including phenoxy) is 1. The van der Waals surface area contributed by atoms with Gasteiger partial charge in [0.2, 0.25) is 5.95 Å². The minimum atomic E-state index is 0.185. The van der Waals surface area contributed by atoms with E-state index in [1.54, 1.807) is 13.3 Å². The first-order valence-electron chi connectivity index (χ1n) is 11.4. The molecule has 0 saturated carbocycles. The van der Waals surface area contributed by atoms with Gasteiger partial charge in [0.05, 0.1) is 43.1 Å². The van der Waals surface area contributed by atoms with E-state index >= 15 is 0 Å². The van der Waals surface area contributed by atoms with Gasteiger partial charge in [0, 0.05) is 50.7 Å². The molecule has 1 aromatic carbocycles. The number of β-amino-alcohol motifs (C(OH)–C–C–N with tert-alkyl or cyclic N) is 1. The third-order valence-electron chi connectivity index (χ3n) is 6.15. The number of aliphatic hydroxyl groups excluding tert-OH is 1. The molecule has 0 unspecified atom stereocenters. The number of nitriles is 1. The van der Waals surface area contributed by atoms with Crippen LogP contribution < -0.4 is 15.0 Å². The Balaban J connectivity index is 1.40. The predicted molar refractivity (Wildman–Crippen MR) is 133 cm³/mol. The van der Waals surface area contributed by atoms with E-state index in [2.05, 4.69) is 36.1 Å². The number of fused-ring (bicyclic) bond motifs is 1. The topological polar surface area (TPSA) is 115 Å². The Hall–Kier alpha value is -4.20. The fraction of sp³-hybridized carbons (Fsp3) is 0.280. The highest BCUT2D eigenvalue weighted by molar-refractivity contribution is 5.71. The molecule has 0 atom stereocenters. The van der Waals surface area contributed by atoms with E-state index in [9.17, 15) is 5.26 Å². The molecule has 5 rings (SSSR count). The van der Waals surface area contributed by atoms with E-state index in [0.717, 1.165) is 43.2 Å². The Bertz CT molecular complexity index is 1370. The largest absolute Gasteiger partial charge is 0.494 e. The average Bonchev–Trinajstić information content (AvgIpc) is 3.34. The van der Waals surface area contributed by atoms with Crippen molar-refractivity contribution in [3.05, 3.63) is 60.6 Å². The second-order valence-corrected chi connectivity index (χ2v) is 8.20. The molecule has 35 heavy (non-hydrogen) atoms. The number of pyridine rings is 1. The number of benzene rings is 1. The molecule has 0 aliphatic carbocycles. The van der Waals surface area contributed by atoms with Crippen LogP contribution in [0.3, 0.4) is 0 Å². The number of aromatic nitrogens is 4. The van der Waals surface area contributed by atoms with Crippen LogP contribution in [0, 0.1) is 11.3 Å².